The monoisotopic (exact) mass is 477 g/mol. The number of hydrogen-bond donors (Lipinski definition) is 0. The fourth-order valence-electron chi connectivity index (χ4n) is 5.33. The van der Waals surface area contributed by atoms with Crippen LogP contribution in [-0.4, -0.2) is 35.5 Å². The lowest BCUT2D eigenvalue weighted by Gasteiger charge is -2.35. The first-order valence-electron chi connectivity index (χ1n) is 11.8. The van der Waals surface area contributed by atoms with Crippen LogP contribution in [0.1, 0.15) is 37.1 Å². The highest BCUT2D eigenvalue weighted by Crippen LogP contribution is 2.54. The summed E-state index contributed by atoms with van der Waals surface area (Å²) in [7, 11) is 8.36. The van der Waals surface area contributed by atoms with Gasteiger partial charge in [-0.2, -0.15) is 0 Å². The van der Waals surface area contributed by atoms with Crippen LogP contribution in [0.2, 0.25) is 0 Å². The van der Waals surface area contributed by atoms with Crippen molar-refractivity contribution in [3.05, 3.63) is 71.8 Å². The molecule has 1 heterocycles. The van der Waals surface area contributed by atoms with Crippen LogP contribution in [0.15, 0.2) is 60.7 Å². The molecule has 6 nitrogen and oxygen atoms in total. The lowest BCUT2D eigenvalue weighted by molar-refractivity contribution is 0.352. The summed E-state index contributed by atoms with van der Waals surface area (Å²) in [5.74, 6) is 4.45. The number of benzene rings is 3. The molecule has 1 saturated heterocycles. The highest BCUT2D eigenvalue weighted by Gasteiger charge is 2.46. The van der Waals surface area contributed by atoms with E-state index >= 15 is 0 Å². The van der Waals surface area contributed by atoms with Crippen molar-refractivity contribution in [2.75, 3.05) is 40.4 Å². The van der Waals surface area contributed by atoms with Gasteiger partial charge in [0.2, 0.25) is 0 Å². The van der Waals surface area contributed by atoms with Crippen LogP contribution in [0.4, 0.5) is 5.69 Å². The molecule has 0 saturated carbocycles. The van der Waals surface area contributed by atoms with Gasteiger partial charge in [-0.3, -0.25) is 0 Å². The van der Waals surface area contributed by atoms with E-state index in [9.17, 15) is 0 Å². The topological polar surface area (TPSA) is 49.4 Å². The summed E-state index contributed by atoms with van der Waals surface area (Å²) in [5.41, 5.74) is 3.49. The van der Waals surface area contributed by atoms with Crippen molar-refractivity contribution in [2.24, 2.45) is 11.8 Å². The van der Waals surface area contributed by atoms with E-state index in [2.05, 4.69) is 55.1 Å². The largest absolute Gasteiger partial charge is 0.497 e. The number of nitrogens with zero attached hydrogens (tertiary/aromatic N) is 1. The second-order valence-corrected chi connectivity index (χ2v) is 8.94. The average molecular weight is 478 g/mol. The molecule has 3 aromatic rings. The van der Waals surface area contributed by atoms with Gasteiger partial charge >= 0.3 is 0 Å². The Balaban J connectivity index is 1.87. The number of methoxy groups -OCH3 is 5. The zero-order chi connectivity index (χ0) is 25.1. The first-order valence-corrected chi connectivity index (χ1v) is 11.8. The minimum atomic E-state index is 0.122. The molecule has 0 amide bonds. The molecule has 1 aliphatic heterocycles. The normalized spacial score (nSPS) is 21.5. The lowest BCUT2D eigenvalue weighted by atomic mass is 9.85. The van der Waals surface area contributed by atoms with Crippen LogP contribution in [0.25, 0.3) is 0 Å². The number of anilines is 1. The van der Waals surface area contributed by atoms with E-state index in [4.69, 9.17) is 23.7 Å². The molecular weight excluding hydrogens is 442 g/mol. The smallest absolute Gasteiger partial charge is 0.161 e. The molecule has 0 spiro atoms. The number of rotatable bonds is 8. The minimum Gasteiger partial charge on any atom is -0.497 e. The number of hydrogen-bond acceptors (Lipinski definition) is 6. The molecule has 0 radical (unpaired) electrons. The molecule has 35 heavy (non-hydrogen) atoms. The molecule has 6 heteroatoms. The predicted molar refractivity (Wildman–Crippen MR) is 138 cm³/mol. The summed E-state index contributed by atoms with van der Waals surface area (Å²) < 4.78 is 27.7. The number of ether oxygens (including phenoxy) is 5. The third-order valence-corrected chi connectivity index (χ3v) is 7.29. The van der Waals surface area contributed by atoms with Gasteiger partial charge in [0.05, 0.1) is 47.6 Å². The highest BCUT2D eigenvalue weighted by molar-refractivity contribution is 5.58. The van der Waals surface area contributed by atoms with Crippen LogP contribution >= 0.6 is 0 Å². The zero-order valence-corrected chi connectivity index (χ0v) is 21.6. The van der Waals surface area contributed by atoms with Gasteiger partial charge in [0.15, 0.2) is 23.0 Å². The first-order chi connectivity index (χ1) is 17.0. The lowest BCUT2D eigenvalue weighted by Crippen LogP contribution is -2.28. The van der Waals surface area contributed by atoms with Gasteiger partial charge in [-0.15, -0.1) is 0 Å². The van der Waals surface area contributed by atoms with Gasteiger partial charge in [0, 0.05) is 5.69 Å². The van der Waals surface area contributed by atoms with Crippen molar-refractivity contribution < 1.29 is 23.7 Å². The Bertz CT molecular complexity index is 1080. The zero-order valence-electron chi connectivity index (χ0n) is 21.6. The fraction of sp³-hybridized carbons (Fsp3) is 0.379. The standard InChI is InChI=1S/C29H35NO5/c1-18-19(2)29(21-9-15-25(33-5)27(17-21)35-7)30(22-10-12-23(31-3)13-11-22)28(18)20-8-14-24(32-4)26(16-20)34-6/h8-19,28-29H,1-7H3/t18-,19-,28-,29-/m0/s1. The molecule has 4 rings (SSSR count). The summed E-state index contributed by atoms with van der Waals surface area (Å²) in [5, 5.41) is 0. The van der Waals surface area contributed by atoms with Crippen LogP contribution in [0.3, 0.4) is 0 Å². The Morgan fingerprint density at radius 1 is 0.514 bits per heavy atom. The minimum absolute atomic E-state index is 0.122. The maximum Gasteiger partial charge on any atom is 0.161 e. The first kappa shape index (κ1) is 24.6. The van der Waals surface area contributed by atoms with Crippen LogP contribution < -0.4 is 28.6 Å². The molecule has 4 atom stereocenters. The Morgan fingerprint density at radius 3 is 1.31 bits per heavy atom. The van der Waals surface area contributed by atoms with Crippen LogP contribution in [-0.2, 0) is 0 Å². The van der Waals surface area contributed by atoms with Crippen molar-refractivity contribution in [1.82, 2.24) is 0 Å². The quantitative estimate of drug-likeness (QED) is 0.379. The van der Waals surface area contributed by atoms with E-state index in [1.807, 2.05) is 24.3 Å². The molecule has 0 unspecified atom stereocenters. The molecule has 0 N–H and O–H groups in total. The summed E-state index contributed by atoms with van der Waals surface area (Å²) in [4.78, 5) is 2.51. The molecule has 186 valence electrons. The van der Waals surface area contributed by atoms with Gasteiger partial charge in [-0.1, -0.05) is 26.0 Å². The molecule has 0 aromatic heterocycles. The van der Waals surface area contributed by atoms with E-state index in [1.165, 1.54) is 11.1 Å². The van der Waals surface area contributed by atoms with Crippen molar-refractivity contribution in [1.29, 1.82) is 0 Å². The summed E-state index contributed by atoms with van der Waals surface area (Å²) in [6, 6.07) is 21.0. The third kappa shape index (κ3) is 4.45. The van der Waals surface area contributed by atoms with E-state index in [0.29, 0.717) is 11.8 Å². The fourth-order valence-corrected chi connectivity index (χ4v) is 5.33. The van der Waals surface area contributed by atoms with Crippen molar-refractivity contribution in [3.63, 3.8) is 0 Å². The van der Waals surface area contributed by atoms with E-state index in [0.717, 1.165) is 34.4 Å². The van der Waals surface area contributed by atoms with Gasteiger partial charge < -0.3 is 28.6 Å². The maximum atomic E-state index is 5.65. The van der Waals surface area contributed by atoms with E-state index < -0.39 is 0 Å². The third-order valence-electron chi connectivity index (χ3n) is 7.29. The highest BCUT2D eigenvalue weighted by atomic mass is 16.5. The summed E-state index contributed by atoms with van der Waals surface area (Å²) in [6.07, 6.45) is 0. The maximum absolute atomic E-state index is 5.65. The molecule has 1 fully saturated rings. The Labute approximate surface area is 208 Å². The van der Waals surface area contributed by atoms with E-state index in [1.54, 1.807) is 35.5 Å². The van der Waals surface area contributed by atoms with E-state index in [-0.39, 0.29) is 12.1 Å². The van der Waals surface area contributed by atoms with Crippen molar-refractivity contribution in [2.45, 2.75) is 25.9 Å². The van der Waals surface area contributed by atoms with Gasteiger partial charge in [0.1, 0.15) is 5.75 Å². The Morgan fingerprint density at radius 2 is 0.943 bits per heavy atom. The van der Waals surface area contributed by atoms with Crippen molar-refractivity contribution in [3.8, 4) is 28.7 Å². The summed E-state index contributed by atoms with van der Waals surface area (Å²) >= 11 is 0. The molecule has 1 aliphatic rings. The summed E-state index contributed by atoms with van der Waals surface area (Å²) in [6.45, 7) is 4.65. The SMILES string of the molecule is COc1ccc(N2[C@H](c3ccc(OC)c(OC)c3)[C@@H](C)[C@H](C)[C@H]2c2ccc(OC)c(OC)c2)cc1. The second-order valence-electron chi connectivity index (χ2n) is 8.94. The predicted octanol–water partition coefficient (Wildman–Crippen LogP) is 6.30. The average Bonchev–Trinajstić information content (AvgIpc) is 3.17. The molecule has 0 aliphatic carbocycles. The Kier molecular flexibility index (Phi) is 7.29. The second kappa shape index (κ2) is 10.4. The van der Waals surface area contributed by atoms with Gasteiger partial charge in [-0.05, 0) is 71.5 Å². The van der Waals surface area contributed by atoms with Gasteiger partial charge in [-0.25, -0.2) is 0 Å². The van der Waals surface area contributed by atoms with Crippen LogP contribution in [0, 0.1) is 11.8 Å². The molecule has 3 aromatic carbocycles. The van der Waals surface area contributed by atoms with Gasteiger partial charge in [0.25, 0.3) is 0 Å². The van der Waals surface area contributed by atoms with Crippen molar-refractivity contribution >= 4 is 5.69 Å². The molecular formula is C29H35NO5. The van der Waals surface area contributed by atoms with Crippen LogP contribution in [0.5, 0.6) is 28.7 Å². The molecule has 0 bridgehead atoms. The Hall–Kier alpha value is -3.54.